The molecule has 2 N–H and O–H groups in total. The van der Waals surface area contributed by atoms with Crippen molar-refractivity contribution in [2.75, 3.05) is 64.4 Å². The van der Waals surface area contributed by atoms with Gasteiger partial charge in [0.1, 0.15) is 5.82 Å². The summed E-state index contributed by atoms with van der Waals surface area (Å²) in [5.41, 5.74) is 1.13. The largest absolute Gasteiger partial charge is 0.381 e. The second-order valence-electron chi connectivity index (χ2n) is 7.81. The molecule has 3 rings (SSSR count). The second-order valence-corrected chi connectivity index (χ2v) is 7.81. The Hall–Kier alpha value is -1.86. The number of aliphatic imine (C=N–C) groups is 1. The van der Waals surface area contributed by atoms with Gasteiger partial charge in [-0.05, 0) is 50.8 Å². The highest BCUT2D eigenvalue weighted by Gasteiger charge is 2.20. The van der Waals surface area contributed by atoms with Gasteiger partial charge in [-0.25, -0.2) is 9.98 Å². The topological polar surface area (TPSA) is 65.0 Å². The van der Waals surface area contributed by atoms with E-state index in [2.05, 4.69) is 56.5 Å². The number of nitrogens with one attached hydrogen (secondary N) is 2. The van der Waals surface area contributed by atoms with Crippen LogP contribution in [0, 0.1) is 5.92 Å². The van der Waals surface area contributed by atoms with Crippen molar-refractivity contribution >= 4 is 11.8 Å². The summed E-state index contributed by atoms with van der Waals surface area (Å²) in [6, 6.07) is 4.26. The van der Waals surface area contributed by atoms with Gasteiger partial charge in [0.05, 0.1) is 6.54 Å². The fraction of sp³-hybridized carbons (Fsp3) is 0.714. The van der Waals surface area contributed by atoms with E-state index in [1.54, 1.807) is 0 Å². The maximum absolute atomic E-state index is 5.68. The summed E-state index contributed by atoms with van der Waals surface area (Å²) in [7, 11) is 2.17. The van der Waals surface area contributed by atoms with Crippen LogP contribution < -0.4 is 15.5 Å². The minimum absolute atomic E-state index is 0.629. The number of guanidine groups is 1. The number of rotatable bonds is 10. The van der Waals surface area contributed by atoms with Crippen molar-refractivity contribution in [3.05, 3.63) is 23.9 Å². The molecule has 1 aromatic rings. The van der Waals surface area contributed by atoms with Crippen molar-refractivity contribution < 1.29 is 4.74 Å². The summed E-state index contributed by atoms with van der Waals surface area (Å²) < 4.78 is 5.68. The van der Waals surface area contributed by atoms with Crippen LogP contribution in [0.25, 0.3) is 0 Å². The maximum atomic E-state index is 5.68. The van der Waals surface area contributed by atoms with E-state index in [4.69, 9.17) is 4.74 Å². The Bertz CT molecular complexity index is 593. The molecule has 1 saturated carbocycles. The van der Waals surface area contributed by atoms with Gasteiger partial charge < -0.3 is 25.2 Å². The lowest BCUT2D eigenvalue weighted by molar-refractivity contribution is 0.123. The van der Waals surface area contributed by atoms with Crippen LogP contribution in [-0.2, 0) is 11.3 Å². The third kappa shape index (κ3) is 7.28. The van der Waals surface area contributed by atoms with Gasteiger partial charge in [0, 0.05) is 58.7 Å². The zero-order chi connectivity index (χ0) is 19.6. The van der Waals surface area contributed by atoms with Gasteiger partial charge >= 0.3 is 0 Å². The van der Waals surface area contributed by atoms with Crippen LogP contribution in [0.4, 0.5) is 5.82 Å². The first kappa shape index (κ1) is 20.9. The third-order valence-corrected chi connectivity index (χ3v) is 5.21. The molecule has 7 nitrogen and oxygen atoms in total. The lowest BCUT2D eigenvalue weighted by atomic mass is 10.2. The van der Waals surface area contributed by atoms with Gasteiger partial charge in [-0.3, -0.25) is 0 Å². The summed E-state index contributed by atoms with van der Waals surface area (Å²) in [5, 5.41) is 6.69. The van der Waals surface area contributed by atoms with Gasteiger partial charge in [-0.2, -0.15) is 0 Å². The molecule has 2 heterocycles. The van der Waals surface area contributed by atoms with Crippen LogP contribution in [0.3, 0.4) is 0 Å². The fourth-order valence-corrected chi connectivity index (χ4v) is 3.16. The Labute approximate surface area is 169 Å². The van der Waals surface area contributed by atoms with Crippen LogP contribution in [0.1, 0.15) is 31.7 Å². The number of piperazine rings is 1. The number of anilines is 1. The molecule has 0 atom stereocenters. The SMILES string of the molecule is CCNC(=NCc1ccc(N2CCN(C)CC2)nc1)NCCCOCC1CC1. The molecular formula is C21H36N6O. The second kappa shape index (κ2) is 11.2. The van der Waals surface area contributed by atoms with Crippen molar-refractivity contribution in [2.45, 2.75) is 32.7 Å². The third-order valence-electron chi connectivity index (χ3n) is 5.21. The highest BCUT2D eigenvalue weighted by Crippen LogP contribution is 2.28. The average molecular weight is 389 g/mol. The normalized spacial score (nSPS) is 18.4. The molecule has 1 aliphatic carbocycles. The van der Waals surface area contributed by atoms with E-state index in [-0.39, 0.29) is 0 Å². The summed E-state index contributed by atoms with van der Waals surface area (Å²) in [4.78, 5) is 14.0. The molecule has 0 radical (unpaired) electrons. The number of likely N-dealkylation sites (N-methyl/N-ethyl adjacent to an activating group) is 1. The van der Waals surface area contributed by atoms with E-state index in [1.807, 2.05) is 6.20 Å². The minimum atomic E-state index is 0.629. The molecule has 1 aliphatic heterocycles. The lowest BCUT2D eigenvalue weighted by Gasteiger charge is -2.33. The number of hydrogen-bond donors (Lipinski definition) is 2. The molecule has 156 valence electrons. The summed E-state index contributed by atoms with van der Waals surface area (Å²) in [6.07, 6.45) is 5.65. The van der Waals surface area contributed by atoms with Gasteiger partial charge in [-0.15, -0.1) is 0 Å². The molecule has 1 saturated heterocycles. The zero-order valence-electron chi connectivity index (χ0n) is 17.5. The quantitative estimate of drug-likeness (QED) is 0.361. The van der Waals surface area contributed by atoms with Crippen LogP contribution in [-0.4, -0.2) is 75.4 Å². The van der Waals surface area contributed by atoms with Crippen LogP contribution in [0.5, 0.6) is 0 Å². The van der Waals surface area contributed by atoms with Gasteiger partial charge in [0.25, 0.3) is 0 Å². The number of pyridine rings is 1. The van der Waals surface area contributed by atoms with E-state index in [0.717, 1.165) is 82.2 Å². The monoisotopic (exact) mass is 388 g/mol. The van der Waals surface area contributed by atoms with Crippen LogP contribution in [0.2, 0.25) is 0 Å². The van der Waals surface area contributed by atoms with Gasteiger partial charge in [0.15, 0.2) is 5.96 Å². The van der Waals surface area contributed by atoms with Gasteiger partial charge in [0.2, 0.25) is 0 Å². The Kier molecular flexibility index (Phi) is 8.36. The highest BCUT2D eigenvalue weighted by atomic mass is 16.5. The molecule has 0 amide bonds. The smallest absolute Gasteiger partial charge is 0.191 e. The first-order valence-electron chi connectivity index (χ1n) is 10.7. The zero-order valence-corrected chi connectivity index (χ0v) is 17.5. The van der Waals surface area contributed by atoms with Crippen molar-refractivity contribution in [1.29, 1.82) is 0 Å². The van der Waals surface area contributed by atoms with Crippen molar-refractivity contribution in [3.63, 3.8) is 0 Å². The van der Waals surface area contributed by atoms with Gasteiger partial charge in [-0.1, -0.05) is 6.07 Å². The molecule has 0 unspecified atom stereocenters. The fourth-order valence-electron chi connectivity index (χ4n) is 3.16. The molecule has 0 bridgehead atoms. The standard InChI is InChI=1S/C21H36N6O/c1-3-22-21(23-9-4-14-28-17-18-5-6-18)25-16-19-7-8-20(24-15-19)27-12-10-26(2)11-13-27/h7-8,15,18H,3-6,9-14,16-17H2,1-2H3,(H2,22,23,25). The summed E-state index contributed by atoms with van der Waals surface area (Å²) in [6.45, 7) is 10.5. The number of ether oxygens (including phenoxy) is 1. The van der Waals surface area contributed by atoms with Crippen LogP contribution >= 0.6 is 0 Å². The molecule has 28 heavy (non-hydrogen) atoms. The number of aromatic nitrogens is 1. The molecule has 2 aliphatic rings. The highest BCUT2D eigenvalue weighted by molar-refractivity contribution is 5.79. The Morgan fingerprint density at radius 1 is 1.21 bits per heavy atom. The molecule has 0 spiro atoms. The van der Waals surface area contributed by atoms with E-state index >= 15 is 0 Å². The molecule has 7 heteroatoms. The van der Waals surface area contributed by atoms with E-state index in [0.29, 0.717) is 6.54 Å². The predicted molar refractivity (Wildman–Crippen MR) is 115 cm³/mol. The first-order chi connectivity index (χ1) is 13.7. The Morgan fingerprint density at radius 3 is 2.71 bits per heavy atom. The minimum Gasteiger partial charge on any atom is -0.381 e. The van der Waals surface area contributed by atoms with E-state index < -0.39 is 0 Å². The molecule has 0 aromatic carbocycles. The molecule has 1 aromatic heterocycles. The predicted octanol–water partition coefficient (Wildman–Crippen LogP) is 1.71. The number of nitrogens with zero attached hydrogens (tertiary/aromatic N) is 4. The van der Waals surface area contributed by atoms with Crippen molar-refractivity contribution in [2.24, 2.45) is 10.9 Å². The average Bonchev–Trinajstić information content (AvgIpc) is 3.54. The Morgan fingerprint density at radius 2 is 2.04 bits per heavy atom. The van der Waals surface area contributed by atoms with E-state index in [9.17, 15) is 0 Å². The van der Waals surface area contributed by atoms with E-state index in [1.165, 1.54) is 12.8 Å². The number of hydrogen-bond acceptors (Lipinski definition) is 5. The van der Waals surface area contributed by atoms with Crippen LogP contribution in [0.15, 0.2) is 23.3 Å². The molecular weight excluding hydrogens is 352 g/mol. The Balaban J connectivity index is 1.40. The molecule has 2 fully saturated rings. The van der Waals surface area contributed by atoms with Crippen molar-refractivity contribution in [1.82, 2.24) is 20.5 Å². The summed E-state index contributed by atoms with van der Waals surface area (Å²) in [5.74, 6) is 2.76. The summed E-state index contributed by atoms with van der Waals surface area (Å²) >= 11 is 0. The maximum Gasteiger partial charge on any atom is 0.191 e. The van der Waals surface area contributed by atoms with Crippen molar-refractivity contribution in [3.8, 4) is 0 Å². The first-order valence-corrected chi connectivity index (χ1v) is 10.7. The lowest BCUT2D eigenvalue weighted by Crippen LogP contribution is -2.44.